The highest BCUT2D eigenvalue weighted by Crippen LogP contribution is 2.27. The number of hydrogen-bond acceptors (Lipinski definition) is 4. The molecule has 0 spiro atoms. The van der Waals surface area contributed by atoms with Gasteiger partial charge in [0, 0.05) is 5.75 Å². The molecule has 28 heavy (non-hydrogen) atoms. The van der Waals surface area contributed by atoms with Crippen LogP contribution in [0.1, 0.15) is 16.7 Å². The number of aromatic amines is 1. The Morgan fingerprint density at radius 3 is 2.64 bits per heavy atom. The van der Waals surface area contributed by atoms with Crippen molar-refractivity contribution in [3.8, 4) is 5.69 Å². The van der Waals surface area contributed by atoms with E-state index in [1.807, 2.05) is 37.3 Å². The van der Waals surface area contributed by atoms with E-state index in [1.165, 1.54) is 17.3 Å². The van der Waals surface area contributed by atoms with Crippen LogP contribution >= 0.6 is 35.0 Å². The van der Waals surface area contributed by atoms with Crippen LogP contribution in [0.4, 0.5) is 0 Å². The average Bonchev–Trinajstić information content (AvgIpc) is 3.09. The minimum Gasteiger partial charge on any atom is -0.301 e. The summed E-state index contributed by atoms with van der Waals surface area (Å²) in [7, 11) is 0. The Morgan fingerprint density at radius 2 is 1.89 bits per heavy atom. The number of benzene rings is 2. The second-order valence-corrected chi connectivity index (χ2v) is 8.25. The first-order valence-corrected chi connectivity index (χ1v) is 10.3. The quantitative estimate of drug-likeness (QED) is 0.351. The van der Waals surface area contributed by atoms with E-state index < -0.39 is 0 Å². The van der Waals surface area contributed by atoms with Crippen LogP contribution in [0.3, 0.4) is 0 Å². The minimum absolute atomic E-state index is 0.211. The topological polar surface area (TPSA) is 63.6 Å². The highest BCUT2D eigenvalue weighted by Gasteiger charge is 2.13. The van der Waals surface area contributed by atoms with Gasteiger partial charge in [0.15, 0.2) is 10.8 Å². The smallest absolute Gasteiger partial charge is 0.262 e. The third kappa shape index (κ3) is 3.68. The molecule has 2 aromatic heterocycles. The van der Waals surface area contributed by atoms with Crippen molar-refractivity contribution >= 4 is 46.0 Å². The minimum atomic E-state index is -0.211. The lowest BCUT2D eigenvalue weighted by atomic mass is 10.1. The molecule has 2 heterocycles. The summed E-state index contributed by atoms with van der Waals surface area (Å²) >= 11 is 13.5. The van der Waals surface area contributed by atoms with Gasteiger partial charge in [0.05, 0.1) is 21.9 Å². The van der Waals surface area contributed by atoms with Crippen LogP contribution < -0.4 is 5.56 Å². The van der Waals surface area contributed by atoms with Crippen molar-refractivity contribution in [2.75, 3.05) is 0 Å². The van der Waals surface area contributed by atoms with Gasteiger partial charge in [0.2, 0.25) is 0 Å². The van der Waals surface area contributed by atoms with E-state index in [2.05, 4.69) is 22.0 Å². The summed E-state index contributed by atoms with van der Waals surface area (Å²) < 4.78 is 1.69. The number of H-pyrrole nitrogens is 1. The zero-order chi connectivity index (χ0) is 19.8. The molecule has 0 aliphatic heterocycles. The standard InChI is InChI=1S/C20H16Cl2N4OS/c1-11-3-5-14(7-12(11)2)26-18-15(9-23-26)19(27)25-20(24-18)28-10-13-4-6-16(21)17(22)8-13/h3-9H,10H2,1-2H3,(H,24,25,27). The third-order valence-corrected chi connectivity index (χ3v) is 6.19. The van der Waals surface area contributed by atoms with E-state index in [4.69, 9.17) is 23.2 Å². The number of aromatic nitrogens is 4. The first kappa shape index (κ1) is 19.1. The van der Waals surface area contributed by atoms with E-state index in [1.54, 1.807) is 16.9 Å². The maximum atomic E-state index is 12.5. The van der Waals surface area contributed by atoms with Gasteiger partial charge in [0.25, 0.3) is 5.56 Å². The van der Waals surface area contributed by atoms with Crippen LogP contribution in [0.15, 0.2) is 52.5 Å². The van der Waals surface area contributed by atoms with Crippen LogP contribution in [-0.4, -0.2) is 19.7 Å². The summed E-state index contributed by atoms with van der Waals surface area (Å²) in [5, 5.41) is 6.37. The lowest BCUT2D eigenvalue weighted by Gasteiger charge is -2.07. The maximum Gasteiger partial charge on any atom is 0.262 e. The van der Waals surface area contributed by atoms with Gasteiger partial charge in [-0.25, -0.2) is 9.67 Å². The SMILES string of the molecule is Cc1ccc(-n2ncc3c(=O)[nH]c(SCc4ccc(Cl)c(Cl)c4)nc32)cc1C. The first-order valence-electron chi connectivity index (χ1n) is 8.55. The van der Waals surface area contributed by atoms with Gasteiger partial charge in [-0.3, -0.25) is 4.79 Å². The molecule has 0 fully saturated rings. The highest BCUT2D eigenvalue weighted by atomic mass is 35.5. The van der Waals surface area contributed by atoms with Crippen molar-refractivity contribution in [3.05, 3.63) is 79.7 Å². The van der Waals surface area contributed by atoms with Crippen LogP contribution in [0.25, 0.3) is 16.7 Å². The maximum absolute atomic E-state index is 12.5. The van der Waals surface area contributed by atoms with Crippen LogP contribution in [0.2, 0.25) is 10.0 Å². The zero-order valence-corrected chi connectivity index (χ0v) is 17.5. The largest absolute Gasteiger partial charge is 0.301 e. The van der Waals surface area contributed by atoms with E-state index >= 15 is 0 Å². The Bertz CT molecular complexity index is 1250. The third-order valence-electron chi connectivity index (χ3n) is 4.51. The predicted octanol–water partition coefficient (Wildman–Crippen LogP) is 5.32. The Kier molecular flexibility index (Phi) is 5.19. The summed E-state index contributed by atoms with van der Waals surface area (Å²) in [6, 6.07) is 11.5. The van der Waals surface area contributed by atoms with Gasteiger partial charge < -0.3 is 4.98 Å². The molecule has 4 rings (SSSR count). The van der Waals surface area contributed by atoms with Crippen LogP contribution in [0.5, 0.6) is 0 Å². The summed E-state index contributed by atoms with van der Waals surface area (Å²) in [5.74, 6) is 0.600. The Balaban J connectivity index is 1.69. The predicted molar refractivity (Wildman–Crippen MR) is 115 cm³/mol. The summed E-state index contributed by atoms with van der Waals surface area (Å²) in [6.07, 6.45) is 1.55. The van der Waals surface area contributed by atoms with E-state index in [-0.39, 0.29) is 5.56 Å². The van der Waals surface area contributed by atoms with E-state index in [0.717, 1.165) is 16.8 Å². The Hall–Kier alpha value is -2.28. The number of halogens is 2. The lowest BCUT2D eigenvalue weighted by molar-refractivity contribution is 0.871. The molecular formula is C20H16Cl2N4OS. The molecule has 5 nitrogen and oxygen atoms in total. The molecule has 8 heteroatoms. The van der Waals surface area contributed by atoms with Gasteiger partial charge in [-0.1, -0.05) is 47.1 Å². The molecule has 0 aliphatic rings. The van der Waals surface area contributed by atoms with E-state index in [9.17, 15) is 4.79 Å². The molecule has 0 atom stereocenters. The van der Waals surface area contributed by atoms with Crippen molar-refractivity contribution in [2.24, 2.45) is 0 Å². The Morgan fingerprint density at radius 1 is 1.07 bits per heavy atom. The molecule has 4 aromatic rings. The van der Waals surface area contributed by atoms with E-state index in [0.29, 0.717) is 32.0 Å². The first-order chi connectivity index (χ1) is 13.4. The fourth-order valence-electron chi connectivity index (χ4n) is 2.79. The molecule has 2 aromatic carbocycles. The monoisotopic (exact) mass is 430 g/mol. The average molecular weight is 431 g/mol. The molecule has 1 N–H and O–H groups in total. The van der Waals surface area contributed by atoms with Gasteiger partial charge in [-0.05, 0) is 54.8 Å². The number of aryl methyl sites for hydroxylation is 2. The summed E-state index contributed by atoms with van der Waals surface area (Å²) in [6.45, 7) is 4.10. The van der Waals surface area contributed by atoms with Gasteiger partial charge in [0.1, 0.15) is 5.39 Å². The number of hydrogen-bond donors (Lipinski definition) is 1. The van der Waals surface area contributed by atoms with Crippen molar-refractivity contribution < 1.29 is 0 Å². The number of rotatable bonds is 4. The van der Waals surface area contributed by atoms with Gasteiger partial charge in [-0.2, -0.15) is 5.10 Å². The summed E-state index contributed by atoms with van der Waals surface area (Å²) in [4.78, 5) is 19.9. The molecular weight excluding hydrogens is 415 g/mol. The molecule has 0 amide bonds. The van der Waals surface area contributed by atoms with Crippen molar-refractivity contribution in [3.63, 3.8) is 0 Å². The van der Waals surface area contributed by atoms with Crippen molar-refractivity contribution in [2.45, 2.75) is 24.8 Å². The van der Waals surface area contributed by atoms with Crippen molar-refractivity contribution in [1.82, 2.24) is 19.7 Å². The fraction of sp³-hybridized carbons (Fsp3) is 0.150. The van der Waals surface area contributed by atoms with Crippen molar-refractivity contribution in [1.29, 1.82) is 0 Å². The zero-order valence-electron chi connectivity index (χ0n) is 15.2. The molecule has 142 valence electrons. The van der Waals surface area contributed by atoms with Crippen LogP contribution in [-0.2, 0) is 5.75 Å². The molecule has 0 bridgehead atoms. The number of thioether (sulfide) groups is 1. The number of nitrogens with zero attached hydrogens (tertiary/aromatic N) is 3. The molecule has 0 unspecified atom stereocenters. The normalized spacial score (nSPS) is 11.3. The Labute approximate surface area is 175 Å². The highest BCUT2D eigenvalue weighted by molar-refractivity contribution is 7.98. The second-order valence-electron chi connectivity index (χ2n) is 6.47. The fourth-order valence-corrected chi connectivity index (χ4v) is 3.91. The van der Waals surface area contributed by atoms with Gasteiger partial charge in [-0.15, -0.1) is 0 Å². The molecule has 0 saturated heterocycles. The molecule has 0 saturated carbocycles. The van der Waals surface area contributed by atoms with Gasteiger partial charge >= 0.3 is 0 Å². The van der Waals surface area contributed by atoms with Crippen LogP contribution in [0, 0.1) is 13.8 Å². The molecule has 0 aliphatic carbocycles. The molecule has 0 radical (unpaired) electrons. The second kappa shape index (κ2) is 7.62. The number of fused-ring (bicyclic) bond motifs is 1. The number of nitrogens with one attached hydrogen (secondary N) is 1. The summed E-state index contributed by atoms with van der Waals surface area (Å²) in [5.41, 5.74) is 4.53. The lowest BCUT2D eigenvalue weighted by Crippen LogP contribution is -2.10.